The molecular weight excluding hydrogens is 503 g/mol. The lowest BCUT2D eigenvalue weighted by Gasteiger charge is -2.22. The number of imidazole rings is 1. The monoisotopic (exact) mass is 520 g/mol. The third-order valence-electron chi connectivity index (χ3n) is 4.69. The van der Waals surface area contributed by atoms with E-state index in [0.29, 0.717) is 26.3 Å². The number of halogens is 2. The van der Waals surface area contributed by atoms with Gasteiger partial charge in [0.1, 0.15) is 10.6 Å². The second-order valence-corrected chi connectivity index (χ2v) is 9.94. The average molecular weight is 521 g/mol. The molecule has 0 aliphatic rings. The highest BCUT2D eigenvalue weighted by Crippen LogP contribution is 2.37. The summed E-state index contributed by atoms with van der Waals surface area (Å²) in [7, 11) is 0. The number of carbonyl (C=O) groups is 1. The molecule has 10 heteroatoms. The minimum atomic E-state index is -1.08. The van der Waals surface area contributed by atoms with Gasteiger partial charge in [-0.3, -0.25) is 9.36 Å². The highest BCUT2D eigenvalue weighted by Gasteiger charge is 2.34. The van der Waals surface area contributed by atoms with Crippen LogP contribution < -0.4 is 5.82 Å². The van der Waals surface area contributed by atoms with Crippen molar-refractivity contribution in [1.29, 1.82) is 0 Å². The van der Waals surface area contributed by atoms with E-state index in [-0.39, 0.29) is 18.1 Å². The van der Waals surface area contributed by atoms with E-state index in [2.05, 4.69) is 20.9 Å². The fraction of sp³-hybridized carbons (Fsp3) is 0.227. The first-order chi connectivity index (χ1) is 15.2. The largest absolute Gasteiger partial charge is 0.519 e. The molecule has 2 aromatic heterocycles. The molecule has 0 N–H and O–H groups in total. The first-order valence-corrected chi connectivity index (χ1v) is 11.2. The number of esters is 1. The van der Waals surface area contributed by atoms with Crippen molar-refractivity contribution < 1.29 is 22.8 Å². The first kappa shape index (κ1) is 22.3. The number of benzene rings is 2. The predicted octanol–water partition coefficient (Wildman–Crippen LogP) is 5.40. The van der Waals surface area contributed by atoms with Crippen molar-refractivity contribution in [3.63, 3.8) is 0 Å². The molecule has 2 heterocycles. The zero-order valence-electron chi connectivity index (χ0n) is 17.3. The van der Waals surface area contributed by atoms with E-state index in [9.17, 15) is 14.0 Å². The predicted molar refractivity (Wildman–Crippen MR) is 120 cm³/mol. The Morgan fingerprint density at radius 3 is 2.69 bits per heavy atom. The van der Waals surface area contributed by atoms with Crippen molar-refractivity contribution >= 4 is 44.7 Å². The molecule has 0 spiro atoms. The van der Waals surface area contributed by atoms with E-state index in [4.69, 9.17) is 13.6 Å². The number of hydrogen-bond acceptors (Lipinski definition) is 7. The molecule has 0 saturated carbocycles. The molecule has 7 nitrogen and oxygen atoms in total. The average Bonchev–Trinajstić information content (AvgIpc) is 3.24. The third kappa shape index (κ3) is 4.37. The van der Waals surface area contributed by atoms with Gasteiger partial charge in [0.25, 0.3) is 0 Å². The van der Waals surface area contributed by atoms with Crippen LogP contribution in [0.25, 0.3) is 16.7 Å². The summed E-state index contributed by atoms with van der Waals surface area (Å²) in [5.74, 6) is -1.45. The standard InChI is InChI=1S/C22H18BrFN2O5S/c1-12-18(31-21(28)30-12)11-29-19(27)22(2,3)32-20-25-15-6-4-5-7-17(15)26(20)16-9-8-13(23)10-14(16)24/h4-10H,11H2,1-3H3. The summed E-state index contributed by atoms with van der Waals surface area (Å²) in [6.07, 6.45) is 0. The molecule has 0 amide bonds. The van der Waals surface area contributed by atoms with Crippen LogP contribution in [-0.4, -0.2) is 20.3 Å². The molecule has 0 unspecified atom stereocenters. The maximum absolute atomic E-state index is 14.8. The molecule has 0 aliphatic heterocycles. The summed E-state index contributed by atoms with van der Waals surface area (Å²) < 4.78 is 31.0. The molecule has 32 heavy (non-hydrogen) atoms. The molecule has 166 valence electrons. The summed E-state index contributed by atoms with van der Waals surface area (Å²) >= 11 is 4.42. The van der Waals surface area contributed by atoms with Gasteiger partial charge in [-0.25, -0.2) is 14.2 Å². The number of rotatable bonds is 6. The summed E-state index contributed by atoms with van der Waals surface area (Å²) in [4.78, 5) is 28.6. The van der Waals surface area contributed by atoms with E-state index < -0.39 is 22.4 Å². The third-order valence-corrected chi connectivity index (χ3v) is 6.32. The fourth-order valence-electron chi connectivity index (χ4n) is 3.05. The van der Waals surface area contributed by atoms with Crippen molar-refractivity contribution in [2.24, 2.45) is 0 Å². The number of para-hydroxylation sites is 2. The number of aryl methyl sites for hydroxylation is 1. The summed E-state index contributed by atoms with van der Waals surface area (Å²) in [5.41, 5.74) is 1.68. The Morgan fingerprint density at radius 2 is 2.00 bits per heavy atom. The number of nitrogens with zero attached hydrogens (tertiary/aromatic N) is 2. The lowest BCUT2D eigenvalue weighted by molar-refractivity contribution is -0.147. The van der Waals surface area contributed by atoms with Gasteiger partial charge in [-0.1, -0.05) is 39.8 Å². The number of ether oxygens (including phenoxy) is 1. The molecule has 0 bridgehead atoms. The second-order valence-electron chi connectivity index (χ2n) is 7.44. The van der Waals surface area contributed by atoms with Gasteiger partial charge in [-0.05, 0) is 51.1 Å². The zero-order valence-corrected chi connectivity index (χ0v) is 19.8. The Labute approximate surface area is 194 Å². The Morgan fingerprint density at radius 1 is 1.25 bits per heavy atom. The fourth-order valence-corrected chi connectivity index (χ4v) is 4.41. The summed E-state index contributed by atoms with van der Waals surface area (Å²) in [5, 5.41) is 0.431. The van der Waals surface area contributed by atoms with Crippen molar-refractivity contribution in [1.82, 2.24) is 9.55 Å². The van der Waals surface area contributed by atoms with Crippen LogP contribution in [-0.2, 0) is 16.1 Å². The minimum absolute atomic E-state index is 0.147. The smallest absolute Gasteiger partial charge is 0.456 e. The zero-order chi connectivity index (χ0) is 23.0. The maximum atomic E-state index is 14.8. The van der Waals surface area contributed by atoms with Crippen LogP contribution in [0.4, 0.5) is 4.39 Å². The van der Waals surface area contributed by atoms with Gasteiger partial charge in [0, 0.05) is 4.47 Å². The van der Waals surface area contributed by atoms with E-state index in [1.165, 1.54) is 6.07 Å². The molecule has 0 saturated heterocycles. The number of fused-ring (bicyclic) bond motifs is 1. The van der Waals surface area contributed by atoms with Crippen molar-refractivity contribution in [2.45, 2.75) is 37.3 Å². The van der Waals surface area contributed by atoms with Crippen molar-refractivity contribution in [2.75, 3.05) is 0 Å². The van der Waals surface area contributed by atoms with Crippen LogP contribution in [0.2, 0.25) is 0 Å². The van der Waals surface area contributed by atoms with Gasteiger partial charge in [-0.2, -0.15) is 0 Å². The number of thioether (sulfide) groups is 1. The molecule has 4 aromatic rings. The number of aromatic nitrogens is 2. The Balaban J connectivity index is 1.66. The number of carbonyl (C=O) groups excluding carboxylic acids is 1. The SMILES string of the molecule is Cc1oc(=O)oc1COC(=O)C(C)(C)Sc1nc2ccccc2n1-c1ccc(Br)cc1F. The van der Waals surface area contributed by atoms with E-state index in [1.54, 1.807) is 37.5 Å². The summed E-state index contributed by atoms with van der Waals surface area (Å²) in [6.45, 7) is 4.67. The van der Waals surface area contributed by atoms with Crippen molar-refractivity contribution in [3.8, 4) is 5.69 Å². The van der Waals surface area contributed by atoms with E-state index >= 15 is 0 Å². The normalized spacial score (nSPS) is 11.8. The topological polar surface area (TPSA) is 87.5 Å². The molecule has 0 fully saturated rings. The van der Waals surface area contributed by atoms with Gasteiger partial charge >= 0.3 is 11.8 Å². The lowest BCUT2D eigenvalue weighted by Crippen LogP contribution is -2.30. The molecule has 4 rings (SSSR count). The van der Waals surface area contributed by atoms with Crippen LogP contribution in [0.1, 0.15) is 25.4 Å². The number of hydrogen-bond donors (Lipinski definition) is 0. The van der Waals surface area contributed by atoms with Crippen LogP contribution in [0.5, 0.6) is 0 Å². The molecule has 0 atom stereocenters. The molecule has 0 radical (unpaired) electrons. The van der Waals surface area contributed by atoms with Crippen molar-refractivity contribution in [3.05, 3.63) is 74.9 Å². The van der Waals surface area contributed by atoms with Crippen LogP contribution in [0.15, 0.2) is 65.7 Å². The molecule has 2 aromatic carbocycles. The minimum Gasteiger partial charge on any atom is -0.456 e. The van der Waals surface area contributed by atoms with Gasteiger partial charge in [0.05, 0.1) is 16.7 Å². The Bertz CT molecular complexity index is 1370. The first-order valence-electron chi connectivity index (χ1n) is 9.54. The van der Waals surface area contributed by atoms with Crippen LogP contribution in [0.3, 0.4) is 0 Å². The van der Waals surface area contributed by atoms with Gasteiger partial charge in [-0.15, -0.1) is 0 Å². The highest BCUT2D eigenvalue weighted by atomic mass is 79.9. The molecule has 0 aliphatic carbocycles. The lowest BCUT2D eigenvalue weighted by atomic mass is 10.2. The van der Waals surface area contributed by atoms with Crippen LogP contribution in [0, 0.1) is 12.7 Å². The summed E-state index contributed by atoms with van der Waals surface area (Å²) in [6, 6.07) is 12.1. The van der Waals surface area contributed by atoms with Gasteiger partial charge in [0.15, 0.2) is 23.3 Å². The quantitative estimate of drug-likeness (QED) is 0.248. The maximum Gasteiger partial charge on any atom is 0.519 e. The van der Waals surface area contributed by atoms with E-state index in [0.717, 1.165) is 11.8 Å². The Kier molecular flexibility index (Phi) is 6.00. The second kappa shape index (κ2) is 8.59. The Hall–Kier alpha value is -2.85. The van der Waals surface area contributed by atoms with Gasteiger partial charge in [0.2, 0.25) is 0 Å². The highest BCUT2D eigenvalue weighted by molar-refractivity contribution is 9.10. The van der Waals surface area contributed by atoms with Gasteiger partial charge < -0.3 is 13.6 Å². The molecular formula is C22H18BrFN2O5S. The van der Waals surface area contributed by atoms with E-state index in [1.807, 2.05) is 24.3 Å². The van der Waals surface area contributed by atoms with Crippen LogP contribution >= 0.6 is 27.7 Å².